The molecule has 1 aliphatic heterocycles. The Bertz CT molecular complexity index is 1550. The number of amides is 1. The predicted octanol–water partition coefficient (Wildman–Crippen LogP) is 3.71. The summed E-state index contributed by atoms with van der Waals surface area (Å²) in [6.07, 6.45) is 7.46. The Hall–Kier alpha value is -3.99. The molecule has 4 aromatic rings. The molecule has 2 aliphatic rings. The number of aryl methyl sites for hydroxylation is 1. The third-order valence-corrected chi connectivity index (χ3v) is 7.59. The van der Waals surface area contributed by atoms with Gasteiger partial charge in [0.15, 0.2) is 0 Å². The highest BCUT2D eigenvalue weighted by Crippen LogP contribution is 2.33. The average Bonchev–Trinajstić information content (AvgIpc) is 3.44. The summed E-state index contributed by atoms with van der Waals surface area (Å²) < 4.78 is 24.0. The lowest BCUT2D eigenvalue weighted by molar-refractivity contribution is 0.0947. The number of carbonyl (C=O) groups excluding carboxylic acids is 1. The number of halogens is 1. The highest BCUT2D eigenvalue weighted by molar-refractivity contribution is 5.95. The third-order valence-electron chi connectivity index (χ3n) is 7.59. The predicted molar refractivity (Wildman–Crippen MR) is 151 cm³/mol. The summed E-state index contributed by atoms with van der Waals surface area (Å²) in [7, 11) is 1.68. The van der Waals surface area contributed by atoms with Crippen molar-refractivity contribution in [3.8, 4) is 22.8 Å². The van der Waals surface area contributed by atoms with Gasteiger partial charge in [-0.1, -0.05) is 19.1 Å². The molecule has 3 aromatic heterocycles. The molecule has 0 spiro atoms. The molecule has 6 rings (SSSR count). The van der Waals surface area contributed by atoms with Crippen molar-refractivity contribution in [1.29, 1.82) is 0 Å². The largest absolute Gasteiger partial charge is 0.494 e. The maximum atomic E-state index is 14.7. The van der Waals surface area contributed by atoms with Crippen molar-refractivity contribution in [3.63, 3.8) is 0 Å². The fraction of sp³-hybridized carbons (Fsp3) is 0.448. The van der Waals surface area contributed by atoms with Crippen molar-refractivity contribution >= 4 is 17.2 Å². The first-order chi connectivity index (χ1) is 19.3. The van der Waals surface area contributed by atoms with Gasteiger partial charge in [-0.25, -0.2) is 14.1 Å². The summed E-state index contributed by atoms with van der Waals surface area (Å²) >= 11 is 0. The van der Waals surface area contributed by atoms with E-state index in [9.17, 15) is 9.18 Å². The van der Waals surface area contributed by atoms with Gasteiger partial charge < -0.3 is 15.0 Å². The molecule has 210 valence electrons. The number of anilines is 1. The summed E-state index contributed by atoms with van der Waals surface area (Å²) in [5.74, 6) is 0.469. The normalized spacial score (nSPS) is 16.2. The number of nitrogens with zero attached hydrogens (tertiary/aromatic N) is 7. The standard InChI is InChI=1S/C29H35FN8O2/c1-18(2)15-35-7-9-36(10-8-35)26-17-37-25(14-31-28(37)13-27(26)40-4)23-16-38(34-33-23)24-12-21(22(30)11-19(24)3)29(39)32-20-5-6-20/h11-14,16-18,20H,5-10,15H2,1-4H3,(H,32,39). The monoisotopic (exact) mass is 546 g/mol. The van der Waals surface area contributed by atoms with Crippen LogP contribution in [0.5, 0.6) is 5.75 Å². The Kier molecular flexibility index (Phi) is 6.91. The van der Waals surface area contributed by atoms with Crippen molar-refractivity contribution < 1.29 is 13.9 Å². The van der Waals surface area contributed by atoms with Gasteiger partial charge in [0.05, 0.1) is 42.1 Å². The fourth-order valence-electron chi connectivity index (χ4n) is 5.34. The Balaban J connectivity index is 1.30. The minimum absolute atomic E-state index is 0.00424. The Morgan fingerprint density at radius 2 is 1.90 bits per heavy atom. The molecule has 10 nitrogen and oxygen atoms in total. The molecule has 4 heterocycles. The van der Waals surface area contributed by atoms with E-state index in [1.54, 1.807) is 31.1 Å². The number of nitrogens with one attached hydrogen (secondary N) is 1. The topological polar surface area (TPSA) is 92.8 Å². The van der Waals surface area contributed by atoms with Crippen molar-refractivity contribution in [1.82, 2.24) is 34.6 Å². The van der Waals surface area contributed by atoms with Crippen LogP contribution in [0.3, 0.4) is 0 Å². The quantitative estimate of drug-likeness (QED) is 0.360. The lowest BCUT2D eigenvalue weighted by atomic mass is 10.1. The first-order valence-electron chi connectivity index (χ1n) is 13.9. The van der Waals surface area contributed by atoms with Crippen molar-refractivity contribution in [2.24, 2.45) is 5.92 Å². The molecule has 0 unspecified atom stereocenters. The molecule has 11 heteroatoms. The zero-order valence-electron chi connectivity index (χ0n) is 23.4. The van der Waals surface area contributed by atoms with Crippen LogP contribution in [0.1, 0.15) is 42.6 Å². The Morgan fingerprint density at radius 3 is 2.60 bits per heavy atom. The van der Waals surface area contributed by atoms with Gasteiger partial charge in [-0.05, 0) is 43.4 Å². The molecule has 1 amide bonds. The number of benzene rings is 1. The molecule has 1 saturated heterocycles. The molecule has 0 radical (unpaired) electrons. The molecule has 0 atom stereocenters. The van der Waals surface area contributed by atoms with Crippen LogP contribution >= 0.6 is 0 Å². The number of pyridine rings is 1. The number of aromatic nitrogens is 5. The zero-order chi connectivity index (χ0) is 28.0. The van der Waals surface area contributed by atoms with E-state index in [2.05, 4.69) is 50.5 Å². The minimum Gasteiger partial charge on any atom is -0.494 e. The van der Waals surface area contributed by atoms with E-state index in [4.69, 9.17) is 4.74 Å². The number of methoxy groups -OCH3 is 1. The van der Waals surface area contributed by atoms with Crippen LogP contribution in [0.15, 0.2) is 36.8 Å². The summed E-state index contributed by atoms with van der Waals surface area (Å²) in [5.41, 5.74) is 4.38. The van der Waals surface area contributed by atoms with Gasteiger partial charge in [-0.2, -0.15) is 0 Å². The van der Waals surface area contributed by atoms with Crippen molar-refractivity contribution in [2.75, 3.05) is 44.7 Å². The van der Waals surface area contributed by atoms with Crippen LogP contribution in [0, 0.1) is 18.7 Å². The van der Waals surface area contributed by atoms with Crippen LogP contribution < -0.4 is 15.0 Å². The number of rotatable bonds is 8. The third kappa shape index (κ3) is 5.13. The van der Waals surface area contributed by atoms with E-state index in [1.165, 1.54) is 12.1 Å². The van der Waals surface area contributed by atoms with Crippen LogP contribution in [0.4, 0.5) is 10.1 Å². The first-order valence-corrected chi connectivity index (χ1v) is 13.9. The Morgan fingerprint density at radius 1 is 1.12 bits per heavy atom. The number of imidazole rings is 1. The van der Waals surface area contributed by atoms with Gasteiger partial charge >= 0.3 is 0 Å². The zero-order valence-corrected chi connectivity index (χ0v) is 23.4. The van der Waals surface area contributed by atoms with E-state index >= 15 is 0 Å². The fourth-order valence-corrected chi connectivity index (χ4v) is 5.34. The van der Waals surface area contributed by atoms with Gasteiger partial charge in [0.2, 0.25) is 0 Å². The van der Waals surface area contributed by atoms with Crippen molar-refractivity contribution in [3.05, 3.63) is 53.7 Å². The average molecular weight is 547 g/mol. The van der Waals surface area contributed by atoms with E-state index in [0.717, 1.165) is 68.3 Å². The van der Waals surface area contributed by atoms with Crippen LogP contribution in [-0.4, -0.2) is 81.1 Å². The summed E-state index contributed by atoms with van der Waals surface area (Å²) in [6.45, 7) is 11.2. The molecular weight excluding hydrogens is 511 g/mol. The molecule has 1 saturated carbocycles. The lowest BCUT2D eigenvalue weighted by Crippen LogP contribution is -2.47. The molecule has 0 bridgehead atoms. The van der Waals surface area contributed by atoms with Gasteiger partial charge in [-0.15, -0.1) is 5.10 Å². The first kappa shape index (κ1) is 26.2. The number of carbonyl (C=O) groups is 1. The van der Waals surface area contributed by atoms with E-state index < -0.39 is 11.7 Å². The summed E-state index contributed by atoms with van der Waals surface area (Å²) in [4.78, 5) is 22.1. The van der Waals surface area contributed by atoms with Gasteiger partial charge in [0, 0.05) is 51.0 Å². The minimum atomic E-state index is -0.548. The van der Waals surface area contributed by atoms with Crippen LogP contribution in [0.25, 0.3) is 22.7 Å². The number of ether oxygens (including phenoxy) is 1. The van der Waals surface area contributed by atoms with E-state index in [1.807, 2.05) is 10.5 Å². The summed E-state index contributed by atoms with van der Waals surface area (Å²) in [6, 6.07) is 4.99. The van der Waals surface area contributed by atoms with Crippen molar-refractivity contribution in [2.45, 2.75) is 39.7 Å². The van der Waals surface area contributed by atoms with E-state index in [-0.39, 0.29) is 11.6 Å². The number of piperazine rings is 1. The van der Waals surface area contributed by atoms with Crippen LogP contribution in [0.2, 0.25) is 0 Å². The van der Waals surface area contributed by atoms with E-state index in [0.29, 0.717) is 22.9 Å². The molecule has 1 aromatic carbocycles. The highest BCUT2D eigenvalue weighted by Gasteiger charge is 2.26. The molecule has 1 N–H and O–H groups in total. The van der Waals surface area contributed by atoms with Gasteiger partial charge in [-0.3, -0.25) is 14.1 Å². The molecule has 1 aliphatic carbocycles. The smallest absolute Gasteiger partial charge is 0.254 e. The number of hydrogen-bond acceptors (Lipinski definition) is 7. The number of hydrogen-bond donors (Lipinski definition) is 1. The second-order valence-electron chi connectivity index (χ2n) is 11.2. The second-order valence-corrected chi connectivity index (χ2v) is 11.2. The lowest BCUT2D eigenvalue weighted by Gasteiger charge is -2.37. The van der Waals surface area contributed by atoms with Crippen LogP contribution in [-0.2, 0) is 0 Å². The molecular formula is C29H35FN8O2. The Labute approximate surface area is 232 Å². The van der Waals surface area contributed by atoms with Gasteiger partial charge in [0.1, 0.15) is 22.9 Å². The summed E-state index contributed by atoms with van der Waals surface area (Å²) in [5, 5.41) is 11.6. The maximum absolute atomic E-state index is 14.7. The second kappa shape index (κ2) is 10.5. The maximum Gasteiger partial charge on any atom is 0.254 e. The SMILES string of the molecule is COc1cc2ncc(-c3cn(-c4cc(C(=O)NC5CC5)c(F)cc4C)nn3)n2cc1N1CCN(CC(C)C)CC1. The van der Waals surface area contributed by atoms with Gasteiger partial charge in [0.25, 0.3) is 5.91 Å². The molecule has 2 fully saturated rings. The highest BCUT2D eigenvalue weighted by atomic mass is 19.1. The number of fused-ring (bicyclic) bond motifs is 1. The molecule has 40 heavy (non-hydrogen) atoms.